The molecule has 0 unspecified atom stereocenters. The van der Waals surface area contributed by atoms with Gasteiger partial charge in [0.2, 0.25) is 0 Å². The minimum absolute atomic E-state index is 0.615. The first-order chi connectivity index (χ1) is 8.74. The van der Waals surface area contributed by atoms with Crippen LogP contribution in [0.15, 0.2) is 18.3 Å². The molecule has 1 aliphatic heterocycles. The highest BCUT2D eigenvalue weighted by Crippen LogP contribution is 2.34. The number of halogens is 1. The lowest BCUT2D eigenvalue weighted by molar-refractivity contribution is 0.278. The molecular formula is C15H19ClN2. The lowest BCUT2D eigenvalue weighted by atomic mass is 9.78. The van der Waals surface area contributed by atoms with Gasteiger partial charge in [-0.2, -0.15) is 0 Å². The van der Waals surface area contributed by atoms with Crippen molar-refractivity contribution in [3.8, 4) is 0 Å². The number of piperidine rings is 1. The van der Waals surface area contributed by atoms with Crippen molar-refractivity contribution < 1.29 is 0 Å². The van der Waals surface area contributed by atoms with Crippen molar-refractivity contribution in [2.75, 3.05) is 6.54 Å². The monoisotopic (exact) mass is 262 g/mol. The molecule has 0 amide bonds. The number of aryl methyl sites for hydroxylation is 1. The third kappa shape index (κ3) is 2.32. The van der Waals surface area contributed by atoms with Gasteiger partial charge in [0.15, 0.2) is 0 Å². The van der Waals surface area contributed by atoms with Crippen LogP contribution in [-0.2, 0) is 0 Å². The van der Waals surface area contributed by atoms with Gasteiger partial charge in [0.25, 0.3) is 0 Å². The summed E-state index contributed by atoms with van der Waals surface area (Å²) < 4.78 is 0. The van der Waals surface area contributed by atoms with Crippen LogP contribution < -0.4 is 5.32 Å². The zero-order valence-corrected chi connectivity index (χ0v) is 11.5. The summed E-state index contributed by atoms with van der Waals surface area (Å²) in [5.41, 5.74) is 3.73. The highest BCUT2D eigenvalue weighted by molar-refractivity contribution is 6.30. The minimum atomic E-state index is 0.615. The third-order valence-electron chi connectivity index (χ3n) is 4.22. The van der Waals surface area contributed by atoms with Gasteiger partial charge < -0.3 is 5.32 Å². The van der Waals surface area contributed by atoms with Crippen LogP contribution in [0.1, 0.15) is 36.8 Å². The van der Waals surface area contributed by atoms with Crippen LogP contribution >= 0.6 is 11.6 Å². The molecule has 0 aromatic carbocycles. The number of fused-ring (bicyclic) bond motifs is 1. The van der Waals surface area contributed by atoms with E-state index < -0.39 is 0 Å². The van der Waals surface area contributed by atoms with E-state index in [0.29, 0.717) is 11.2 Å². The summed E-state index contributed by atoms with van der Waals surface area (Å²) in [5, 5.41) is 4.27. The number of pyridine rings is 1. The Morgan fingerprint density at radius 2 is 2.33 bits per heavy atom. The molecule has 0 radical (unpaired) electrons. The Bertz CT molecular complexity index is 481. The molecule has 96 valence electrons. The van der Waals surface area contributed by atoms with Crippen LogP contribution in [-0.4, -0.2) is 17.6 Å². The molecule has 3 heteroatoms. The Labute approximate surface area is 113 Å². The zero-order valence-electron chi connectivity index (χ0n) is 10.7. The maximum absolute atomic E-state index is 5.99. The summed E-state index contributed by atoms with van der Waals surface area (Å²) in [4.78, 5) is 4.26. The molecule has 18 heavy (non-hydrogen) atoms. The Morgan fingerprint density at radius 3 is 3.17 bits per heavy atom. The van der Waals surface area contributed by atoms with Crippen LogP contribution in [0.3, 0.4) is 0 Å². The minimum Gasteiger partial charge on any atom is -0.313 e. The van der Waals surface area contributed by atoms with Crippen molar-refractivity contribution in [1.29, 1.82) is 0 Å². The fourth-order valence-corrected chi connectivity index (χ4v) is 3.23. The summed E-state index contributed by atoms with van der Waals surface area (Å²) in [6.45, 7) is 3.19. The first-order valence-corrected chi connectivity index (χ1v) is 7.17. The van der Waals surface area contributed by atoms with Crippen LogP contribution in [0.25, 0.3) is 5.57 Å². The Balaban J connectivity index is 1.84. The number of hydrogen-bond acceptors (Lipinski definition) is 2. The van der Waals surface area contributed by atoms with E-state index in [0.717, 1.165) is 17.9 Å². The standard InChI is InChI=1S/C15H19ClN2/c1-10-7-13(9-18-15(10)16)12-5-4-11-3-2-6-17-14(11)8-12/h5,7,9,11,14,17H,2-4,6,8H2,1H3/t11-,14+/m0/s1. The van der Waals surface area contributed by atoms with E-state index in [-0.39, 0.29) is 0 Å². The van der Waals surface area contributed by atoms with Crippen LogP contribution in [0, 0.1) is 12.8 Å². The van der Waals surface area contributed by atoms with Crippen molar-refractivity contribution in [3.63, 3.8) is 0 Å². The third-order valence-corrected chi connectivity index (χ3v) is 4.61. The van der Waals surface area contributed by atoms with Gasteiger partial charge in [-0.05, 0) is 67.8 Å². The van der Waals surface area contributed by atoms with Crippen LogP contribution in [0.4, 0.5) is 0 Å². The van der Waals surface area contributed by atoms with E-state index in [2.05, 4.69) is 22.4 Å². The number of nitrogens with one attached hydrogen (secondary N) is 1. The van der Waals surface area contributed by atoms with Crippen molar-refractivity contribution >= 4 is 17.2 Å². The SMILES string of the molecule is Cc1cc(C2=CC[C@@H]3CCCN[C@@H]3C2)cnc1Cl. The lowest BCUT2D eigenvalue weighted by Crippen LogP contribution is -2.42. The van der Waals surface area contributed by atoms with Gasteiger partial charge in [0.05, 0.1) is 0 Å². The highest BCUT2D eigenvalue weighted by atomic mass is 35.5. The number of allylic oxidation sites excluding steroid dienone is 1. The molecule has 3 rings (SSSR count). The van der Waals surface area contributed by atoms with E-state index in [1.165, 1.54) is 36.9 Å². The molecule has 2 aliphatic rings. The molecule has 2 nitrogen and oxygen atoms in total. The van der Waals surface area contributed by atoms with E-state index in [1.807, 2.05) is 13.1 Å². The number of rotatable bonds is 1. The average Bonchev–Trinajstić information content (AvgIpc) is 2.41. The summed E-state index contributed by atoms with van der Waals surface area (Å²) in [6.07, 6.45) is 9.34. The molecule has 0 saturated carbocycles. The van der Waals surface area contributed by atoms with Gasteiger partial charge in [0.1, 0.15) is 5.15 Å². The molecule has 2 atom stereocenters. The number of hydrogen-bond donors (Lipinski definition) is 1. The quantitative estimate of drug-likeness (QED) is 0.783. The summed E-state index contributed by atoms with van der Waals surface area (Å²) >= 11 is 5.99. The van der Waals surface area contributed by atoms with E-state index >= 15 is 0 Å². The van der Waals surface area contributed by atoms with Gasteiger partial charge >= 0.3 is 0 Å². The Hall–Kier alpha value is -0.860. The molecule has 1 aromatic rings. The van der Waals surface area contributed by atoms with Crippen molar-refractivity contribution in [2.24, 2.45) is 5.92 Å². The maximum Gasteiger partial charge on any atom is 0.131 e. The normalized spacial score (nSPS) is 27.6. The summed E-state index contributed by atoms with van der Waals surface area (Å²) in [5.74, 6) is 0.837. The topological polar surface area (TPSA) is 24.9 Å². The second kappa shape index (κ2) is 5.02. The molecule has 1 saturated heterocycles. The van der Waals surface area contributed by atoms with Gasteiger partial charge in [0, 0.05) is 12.2 Å². The molecule has 0 bridgehead atoms. The van der Waals surface area contributed by atoms with Gasteiger partial charge in [-0.15, -0.1) is 0 Å². The predicted molar refractivity (Wildman–Crippen MR) is 75.7 cm³/mol. The second-order valence-electron chi connectivity index (χ2n) is 5.46. The van der Waals surface area contributed by atoms with E-state index in [1.54, 1.807) is 0 Å². The Morgan fingerprint density at radius 1 is 1.44 bits per heavy atom. The molecule has 0 spiro atoms. The first-order valence-electron chi connectivity index (χ1n) is 6.79. The fourth-order valence-electron chi connectivity index (χ4n) is 3.12. The molecular weight excluding hydrogens is 244 g/mol. The van der Waals surface area contributed by atoms with Gasteiger partial charge in [-0.1, -0.05) is 17.7 Å². The molecule has 2 heterocycles. The predicted octanol–water partition coefficient (Wildman–Crippen LogP) is 3.59. The van der Waals surface area contributed by atoms with Crippen molar-refractivity contribution in [1.82, 2.24) is 10.3 Å². The lowest BCUT2D eigenvalue weighted by Gasteiger charge is -2.36. The second-order valence-corrected chi connectivity index (χ2v) is 5.82. The summed E-state index contributed by atoms with van der Waals surface area (Å²) in [6, 6.07) is 2.82. The highest BCUT2D eigenvalue weighted by Gasteiger charge is 2.28. The van der Waals surface area contributed by atoms with Gasteiger partial charge in [-0.3, -0.25) is 0 Å². The average molecular weight is 263 g/mol. The fraction of sp³-hybridized carbons (Fsp3) is 0.533. The molecule has 1 N–H and O–H groups in total. The number of aromatic nitrogens is 1. The zero-order chi connectivity index (χ0) is 12.5. The van der Waals surface area contributed by atoms with E-state index in [4.69, 9.17) is 11.6 Å². The van der Waals surface area contributed by atoms with Crippen LogP contribution in [0.2, 0.25) is 5.15 Å². The first kappa shape index (κ1) is 12.2. The number of nitrogens with zero attached hydrogens (tertiary/aromatic N) is 1. The van der Waals surface area contributed by atoms with Crippen molar-refractivity contribution in [2.45, 2.75) is 38.6 Å². The maximum atomic E-state index is 5.99. The molecule has 1 aliphatic carbocycles. The van der Waals surface area contributed by atoms with Crippen molar-refractivity contribution in [3.05, 3.63) is 34.6 Å². The van der Waals surface area contributed by atoms with Crippen LogP contribution in [0.5, 0.6) is 0 Å². The molecule has 1 fully saturated rings. The Kier molecular flexibility index (Phi) is 3.40. The van der Waals surface area contributed by atoms with E-state index in [9.17, 15) is 0 Å². The largest absolute Gasteiger partial charge is 0.313 e. The molecule has 1 aromatic heterocycles. The summed E-state index contributed by atoms with van der Waals surface area (Å²) in [7, 11) is 0. The van der Waals surface area contributed by atoms with Gasteiger partial charge in [-0.25, -0.2) is 4.98 Å². The smallest absolute Gasteiger partial charge is 0.131 e.